The Labute approximate surface area is 89.1 Å². The molecule has 16 heavy (non-hydrogen) atoms. The summed E-state index contributed by atoms with van der Waals surface area (Å²) < 4.78 is 44.3. The number of esters is 2. The average Bonchev–Trinajstić information content (AvgIpc) is 2.13. The standard InChI is InChI=1S/C8H11F3O5/c1-15-5(12)3-7(14,6(13)16-2)4-8(9,10)11/h14H,3-4H2,1-2H3. The maximum absolute atomic E-state index is 12.1. The highest BCUT2D eigenvalue weighted by Gasteiger charge is 2.49. The van der Waals surface area contributed by atoms with Gasteiger partial charge in [-0.25, -0.2) is 4.79 Å². The van der Waals surface area contributed by atoms with Gasteiger partial charge in [0, 0.05) is 0 Å². The number of hydrogen-bond acceptors (Lipinski definition) is 5. The second-order valence-corrected chi connectivity index (χ2v) is 3.07. The minimum absolute atomic E-state index is 0.807. The number of alkyl halides is 3. The maximum atomic E-state index is 12.1. The molecule has 0 heterocycles. The predicted molar refractivity (Wildman–Crippen MR) is 44.3 cm³/mol. The van der Waals surface area contributed by atoms with Crippen LogP contribution >= 0.6 is 0 Å². The van der Waals surface area contributed by atoms with E-state index in [-0.39, 0.29) is 0 Å². The van der Waals surface area contributed by atoms with E-state index >= 15 is 0 Å². The van der Waals surface area contributed by atoms with Crippen LogP contribution in [0.25, 0.3) is 0 Å². The van der Waals surface area contributed by atoms with Crippen molar-refractivity contribution in [1.29, 1.82) is 0 Å². The second kappa shape index (κ2) is 5.15. The zero-order chi connectivity index (χ0) is 13.0. The molecule has 0 bridgehead atoms. The minimum atomic E-state index is -4.81. The Morgan fingerprint density at radius 3 is 2.00 bits per heavy atom. The molecule has 5 nitrogen and oxygen atoms in total. The maximum Gasteiger partial charge on any atom is 0.392 e. The second-order valence-electron chi connectivity index (χ2n) is 3.07. The normalized spacial score (nSPS) is 15.1. The summed E-state index contributed by atoms with van der Waals surface area (Å²) in [7, 11) is 1.73. The summed E-state index contributed by atoms with van der Waals surface area (Å²) in [4.78, 5) is 21.8. The van der Waals surface area contributed by atoms with Gasteiger partial charge in [-0.05, 0) is 0 Å². The van der Waals surface area contributed by atoms with Gasteiger partial charge < -0.3 is 14.6 Å². The van der Waals surface area contributed by atoms with Crippen molar-refractivity contribution < 1.29 is 37.3 Å². The van der Waals surface area contributed by atoms with Crippen LogP contribution in [0.5, 0.6) is 0 Å². The quantitative estimate of drug-likeness (QED) is 0.725. The van der Waals surface area contributed by atoms with Crippen molar-refractivity contribution >= 4 is 11.9 Å². The smallest absolute Gasteiger partial charge is 0.392 e. The summed E-state index contributed by atoms with van der Waals surface area (Å²) in [5, 5.41) is 9.42. The molecule has 0 aliphatic rings. The summed E-state index contributed by atoms with van der Waals surface area (Å²) in [6, 6.07) is 0. The van der Waals surface area contributed by atoms with Gasteiger partial charge >= 0.3 is 18.1 Å². The summed E-state index contributed by atoms with van der Waals surface area (Å²) in [6.45, 7) is 0. The number of ether oxygens (including phenoxy) is 2. The first-order valence-corrected chi connectivity index (χ1v) is 4.09. The Kier molecular flexibility index (Phi) is 4.73. The highest BCUT2D eigenvalue weighted by atomic mass is 19.4. The van der Waals surface area contributed by atoms with Crippen molar-refractivity contribution in [1.82, 2.24) is 0 Å². The van der Waals surface area contributed by atoms with Gasteiger partial charge in [0.05, 0.1) is 27.1 Å². The van der Waals surface area contributed by atoms with E-state index in [0.29, 0.717) is 0 Å². The van der Waals surface area contributed by atoms with Gasteiger partial charge in [-0.2, -0.15) is 13.2 Å². The highest BCUT2D eigenvalue weighted by Crippen LogP contribution is 2.30. The first kappa shape index (κ1) is 14.7. The molecule has 0 rings (SSSR count). The third-order valence-corrected chi connectivity index (χ3v) is 1.72. The Bertz CT molecular complexity index is 275. The largest absolute Gasteiger partial charge is 0.469 e. The van der Waals surface area contributed by atoms with Crippen LogP contribution in [0.3, 0.4) is 0 Å². The summed E-state index contributed by atoms with van der Waals surface area (Å²) in [5.74, 6) is -2.67. The molecule has 0 saturated heterocycles. The van der Waals surface area contributed by atoms with Gasteiger partial charge in [-0.15, -0.1) is 0 Å². The molecule has 0 fully saturated rings. The molecule has 0 aromatic carbocycles. The van der Waals surface area contributed by atoms with E-state index in [1.54, 1.807) is 0 Å². The fraction of sp³-hybridized carbons (Fsp3) is 0.750. The summed E-state index contributed by atoms with van der Waals surface area (Å²) in [6.07, 6.45) is -7.80. The van der Waals surface area contributed by atoms with Gasteiger partial charge in [-0.1, -0.05) is 0 Å². The van der Waals surface area contributed by atoms with Crippen molar-refractivity contribution in [2.24, 2.45) is 0 Å². The highest BCUT2D eigenvalue weighted by molar-refractivity contribution is 5.85. The molecule has 0 aromatic rings. The predicted octanol–water partition coefficient (Wildman–Crippen LogP) is 0.406. The summed E-state index contributed by atoms with van der Waals surface area (Å²) in [5.41, 5.74) is -2.94. The molecule has 0 radical (unpaired) electrons. The first-order valence-electron chi connectivity index (χ1n) is 4.09. The summed E-state index contributed by atoms with van der Waals surface area (Å²) >= 11 is 0. The first-order chi connectivity index (χ1) is 7.14. The number of halogens is 3. The Hall–Kier alpha value is -1.31. The zero-order valence-corrected chi connectivity index (χ0v) is 8.63. The molecule has 0 spiro atoms. The van der Waals surface area contributed by atoms with Gasteiger partial charge in [0.25, 0.3) is 0 Å². The molecule has 1 N–H and O–H groups in total. The Morgan fingerprint density at radius 2 is 1.69 bits per heavy atom. The average molecular weight is 244 g/mol. The van der Waals surface area contributed by atoms with E-state index < -0.39 is 36.6 Å². The molecular weight excluding hydrogens is 233 g/mol. The van der Waals surface area contributed by atoms with Crippen LogP contribution in [0.2, 0.25) is 0 Å². The number of carbonyl (C=O) groups excluding carboxylic acids is 2. The van der Waals surface area contributed by atoms with E-state index in [2.05, 4.69) is 9.47 Å². The van der Waals surface area contributed by atoms with E-state index in [4.69, 9.17) is 0 Å². The topological polar surface area (TPSA) is 72.8 Å². The SMILES string of the molecule is COC(=O)CC(O)(CC(F)(F)F)C(=O)OC. The molecule has 0 aliphatic carbocycles. The minimum Gasteiger partial charge on any atom is -0.469 e. The Balaban J connectivity index is 4.89. The van der Waals surface area contributed by atoms with Crippen molar-refractivity contribution in [3.05, 3.63) is 0 Å². The number of rotatable bonds is 4. The van der Waals surface area contributed by atoms with Gasteiger partial charge in [-0.3, -0.25) is 4.79 Å². The number of aliphatic hydroxyl groups is 1. The molecule has 1 unspecified atom stereocenters. The number of methoxy groups -OCH3 is 2. The molecule has 1 atom stereocenters. The number of carbonyl (C=O) groups is 2. The van der Waals surface area contributed by atoms with Gasteiger partial charge in [0.15, 0.2) is 5.60 Å². The molecular formula is C8H11F3O5. The molecule has 0 saturated carbocycles. The zero-order valence-electron chi connectivity index (χ0n) is 8.63. The number of hydrogen-bond donors (Lipinski definition) is 1. The lowest BCUT2D eigenvalue weighted by Gasteiger charge is -2.24. The van der Waals surface area contributed by atoms with Crippen LogP contribution in [0.1, 0.15) is 12.8 Å². The third kappa shape index (κ3) is 4.47. The van der Waals surface area contributed by atoms with Crippen LogP contribution in [0, 0.1) is 0 Å². The lowest BCUT2D eigenvalue weighted by atomic mass is 9.95. The van der Waals surface area contributed by atoms with Crippen LogP contribution in [-0.4, -0.2) is 43.0 Å². The van der Waals surface area contributed by atoms with Crippen molar-refractivity contribution in [2.45, 2.75) is 24.6 Å². The van der Waals surface area contributed by atoms with E-state index in [9.17, 15) is 27.9 Å². The molecule has 0 aliphatic heterocycles. The lowest BCUT2D eigenvalue weighted by molar-refractivity contribution is -0.200. The van der Waals surface area contributed by atoms with Crippen LogP contribution in [0.15, 0.2) is 0 Å². The Morgan fingerprint density at radius 1 is 1.19 bits per heavy atom. The van der Waals surface area contributed by atoms with Gasteiger partial charge in [0.1, 0.15) is 0 Å². The van der Waals surface area contributed by atoms with Crippen LogP contribution in [-0.2, 0) is 19.1 Å². The molecule has 0 amide bonds. The van der Waals surface area contributed by atoms with Gasteiger partial charge in [0.2, 0.25) is 0 Å². The monoisotopic (exact) mass is 244 g/mol. The van der Waals surface area contributed by atoms with E-state index in [0.717, 1.165) is 14.2 Å². The fourth-order valence-corrected chi connectivity index (χ4v) is 1.04. The molecule has 8 heteroatoms. The molecule has 0 aromatic heterocycles. The van der Waals surface area contributed by atoms with Crippen LogP contribution in [0.4, 0.5) is 13.2 Å². The van der Waals surface area contributed by atoms with Crippen molar-refractivity contribution in [3.8, 4) is 0 Å². The lowest BCUT2D eigenvalue weighted by Crippen LogP contribution is -2.45. The van der Waals surface area contributed by atoms with Crippen molar-refractivity contribution in [2.75, 3.05) is 14.2 Å². The fourth-order valence-electron chi connectivity index (χ4n) is 1.04. The molecule has 94 valence electrons. The van der Waals surface area contributed by atoms with E-state index in [1.165, 1.54) is 0 Å². The van der Waals surface area contributed by atoms with Crippen molar-refractivity contribution in [3.63, 3.8) is 0 Å². The van der Waals surface area contributed by atoms with Crippen LogP contribution < -0.4 is 0 Å². The van der Waals surface area contributed by atoms with E-state index in [1.807, 2.05) is 0 Å². The third-order valence-electron chi connectivity index (χ3n) is 1.72.